The number of methoxy groups -OCH3 is 1. The van der Waals surface area contributed by atoms with E-state index in [0.717, 1.165) is 5.56 Å². The molecule has 2 aromatic rings. The molecule has 1 N–H and O–H groups in total. The first-order valence-corrected chi connectivity index (χ1v) is 9.06. The topological polar surface area (TPSA) is 73.9 Å². The van der Waals surface area contributed by atoms with Crippen molar-refractivity contribution in [1.29, 1.82) is 0 Å². The summed E-state index contributed by atoms with van der Waals surface area (Å²) in [5.74, 6) is 0.0935. The maximum absolute atomic E-state index is 12.1. The van der Waals surface area contributed by atoms with Crippen molar-refractivity contribution in [3.63, 3.8) is 0 Å². The van der Waals surface area contributed by atoms with Gasteiger partial charge in [0.15, 0.2) is 17.6 Å². The average molecular weight is 404 g/mol. The highest BCUT2D eigenvalue weighted by molar-refractivity contribution is 6.30. The summed E-state index contributed by atoms with van der Waals surface area (Å²) in [6.07, 6.45) is 1.85. The van der Waals surface area contributed by atoms with Crippen LogP contribution in [0.25, 0.3) is 6.08 Å². The molecule has 0 aromatic heterocycles. The molecule has 0 aliphatic heterocycles. The first-order chi connectivity index (χ1) is 13.4. The van der Waals surface area contributed by atoms with Crippen LogP contribution in [0.2, 0.25) is 5.02 Å². The first-order valence-electron chi connectivity index (χ1n) is 8.69. The quantitative estimate of drug-likeness (QED) is 0.524. The van der Waals surface area contributed by atoms with Crippen LogP contribution in [0.5, 0.6) is 11.5 Å². The summed E-state index contributed by atoms with van der Waals surface area (Å²) in [4.78, 5) is 24.1. The van der Waals surface area contributed by atoms with Gasteiger partial charge < -0.3 is 19.5 Å². The lowest BCUT2D eigenvalue weighted by molar-refractivity contribution is -0.148. The maximum Gasteiger partial charge on any atom is 0.331 e. The summed E-state index contributed by atoms with van der Waals surface area (Å²) in [7, 11) is 1.54. The number of anilines is 1. The number of esters is 1. The Bertz CT molecular complexity index is 866. The van der Waals surface area contributed by atoms with Crippen molar-refractivity contribution in [2.24, 2.45) is 0 Å². The third-order valence-corrected chi connectivity index (χ3v) is 3.89. The lowest BCUT2D eigenvalue weighted by atomic mass is 10.2. The zero-order valence-corrected chi connectivity index (χ0v) is 16.7. The van der Waals surface area contributed by atoms with E-state index in [1.54, 1.807) is 55.7 Å². The van der Waals surface area contributed by atoms with Crippen molar-refractivity contribution in [2.75, 3.05) is 19.0 Å². The van der Waals surface area contributed by atoms with E-state index in [0.29, 0.717) is 28.8 Å². The third-order valence-electron chi connectivity index (χ3n) is 3.65. The van der Waals surface area contributed by atoms with E-state index in [1.807, 2.05) is 6.92 Å². The molecular weight excluding hydrogens is 382 g/mol. The number of benzene rings is 2. The van der Waals surface area contributed by atoms with Gasteiger partial charge in [-0.3, -0.25) is 4.79 Å². The third kappa shape index (κ3) is 6.32. The average Bonchev–Trinajstić information content (AvgIpc) is 2.67. The molecule has 0 unspecified atom stereocenters. The molecule has 0 aliphatic carbocycles. The van der Waals surface area contributed by atoms with E-state index < -0.39 is 18.0 Å². The predicted molar refractivity (Wildman–Crippen MR) is 109 cm³/mol. The number of carbonyl (C=O) groups is 2. The Morgan fingerprint density at radius 2 is 1.96 bits per heavy atom. The van der Waals surface area contributed by atoms with Gasteiger partial charge in [-0.25, -0.2) is 4.79 Å². The van der Waals surface area contributed by atoms with Gasteiger partial charge in [0.2, 0.25) is 0 Å². The van der Waals surface area contributed by atoms with Crippen molar-refractivity contribution in [3.8, 4) is 11.5 Å². The zero-order chi connectivity index (χ0) is 20.5. The molecule has 148 valence electrons. The normalized spacial score (nSPS) is 11.7. The number of nitrogens with one attached hydrogen (secondary N) is 1. The van der Waals surface area contributed by atoms with Crippen molar-refractivity contribution in [1.82, 2.24) is 0 Å². The largest absolute Gasteiger partial charge is 0.493 e. The summed E-state index contributed by atoms with van der Waals surface area (Å²) in [5, 5.41) is 3.14. The summed E-state index contributed by atoms with van der Waals surface area (Å²) in [6.45, 7) is 3.89. The van der Waals surface area contributed by atoms with Crippen LogP contribution in [0.4, 0.5) is 5.69 Å². The van der Waals surface area contributed by atoms with Gasteiger partial charge in [0.25, 0.3) is 5.91 Å². The van der Waals surface area contributed by atoms with Crippen LogP contribution >= 0.6 is 11.6 Å². The van der Waals surface area contributed by atoms with Gasteiger partial charge in [-0.15, -0.1) is 0 Å². The van der Waals surface area contributed by atoms with Crippen LogP contribution in [0, 0.1) is 0 Å². The van der Waals surface area contributed by atoms with E-state index in [9.17, 15) is 9.59 Å². The Morgan fingerprint density at radius 3 is 2.64 bits per heavy atom. The molecule has 0 saturated carbocycles. The highest BCUT2D eigenvalue weighted by atomic mass is 35.5. The zero-order valence-electron chi connectivity index (χ0n) is 15.9. The predicted octanol–water partition coefficient (Wildman–Crippen LogP) is 4.33. The molecule has 6 nitrogen and oxygen atoms in total. The number of hydrogen-bond acceptors (Lipinski definition) is 5. The van der Waals surface area contributed by atoms with Crippen LogP contribution in [-0.4, -0.2) is 31.7 Å². The van der Waals surface area contributed by atoms with Crippen molar-refractivity contribution >= 4 is 35.2 Å². The Balaban J connectivity index is 1.94. The first kappa shape index (κ1) is 21.3. The number of carbonyl (C=O) groups excluding carboxylic acids is 2. The van der Waals surface area contributed by atoms with Crippen LogP contribution < -0.4 is 14.8 Å². The molecule has 2 rings (SSSR count). The summed E-state index contributed by atoms with van der Waals surface area (Å²) in [5.41, 5.74) is 1.26. The Hall–Kier alpha value is -2.99. The lowest BCUT2D eigenvalue weighted by Crippen LogP contribution is -2.29. The number of hydrogen-bond donors (Lipinski definition) is 1. The molecule has 0 radical (unpaired) electrons. The maximum atomic E-state index is 12.1. The molecular formula is C21H22ClNO5. The SMILES string of the molecule is CCOc1ccc(/C=C/C(=O)O[C@H](C)C(=O)Nc2cccc(Cl)c2)cc1OC. The van der Waals surface area contributed by atoms with E-state index in [2.05, 4.69) is 5.32 Å². The van der Waals surface area contributed by atoms with E-state index in [4.69, 9.17) is 25.8 Å². The highest BCUT2D eigenvalue weighted by Gasteiger charge is 2.16. The van der Waals surface area contributed by atoms with Gasteiger partial charge in [0.1, 0.15) is 0 Å². The standard InChI is InChI=1S/C21H22ClNO5/c1-4-27-18-10-8-15(12-19(18)26-3)9-11-20(24)28-14(2)21(25)23-17-7-5-6-16(22)13-17/h5-14H,4H2,1-3H3,(H,23,25)/b11-9+/t14-/m1/s1. The number of halogens is 1. The second-order valence-electron chi connectivity index (χ2n) is 5.76. The van der Waals surface area contributed by atoms with Gasteiger partial charge in [-0.2, -0.15) is 0 Å². The van der Waals surface area contributed by atoms with Gasteiger partial charge in [0, 0.05) is 16.8 Å². The fourth-order valence-electron chi connectivity index (χ4n) is 2.30. The monoisotopic (exact) mass is 403 g/mol. The van der Waals surface area contributed by atoms with Gasteiger partial charge in [-0.1, -0.05) is 23.7 Å². The fraction of sp³-hybridized carbons (Fsp3) is 0.238. The molecule has 7 heteroatoms. The Kier molecular flexibility index (Phi) is 7.89. The molecule has 28 heavy (non-hydrogen) atoms. The minimum atomic E-state index is -0.967. The Morgan fingerprint density at radius 1 is 1.18 bits per heavy atom. The molecule has 1 amide bonds. The number of ether oxygens (including phenoxy) is 3. The molecule has 0 saturated heterocycles. The van der Waals surface area contributed by atoms with Gasteiger partial charge in [-0.05, 0) is 55.8 Å². The number of amides is 1. The van der Waals surface area contributed by atoms with Gasteiger partial charge >= 0.3 is 5.97 Å². The van der Waals surface area contributed by atoms with Crippen LogP contribution in [0.3, 0.4) is 0 Å². The van der Waals surface area contributed by atoms with E-state index in [-0.39, 0.29) is 0 Å². The highest BCUT2D eigenvalue weighted by Crippen LogP contribution is 2.28. The second kappa shape index (κ2) is 10.4. The second-order valence-corrected chi connectivity index (χ2v) is 6.19. The fourth-order valence-corrected chi connectivity index (χ4v) is 2.49. The van der Waals surface area contributed by atoms with E-state index >= 15 is 0 Å². The molecule has 0 spiro atoms. The lowest BCUT2D eigenvalue weighted by Gasteiger charge is -2.12. The molecule has 2 aromatic carbocycles. The van der Waals surface area contributed by atoms with Crippen LogP contribution in [0.15, 0.2) is 48.5 Å². The molecule has 1 atom stereocenters. The van der Waals surface area contributed by atoms with Crippen LogP contribution in [0.1, 0.15) is 19.4 Å². The van der Waals surface area contributed by atoms with Crippen molar-refractivity contribution in [3.05, 3.63) is 59.1 Å². The van der Waals surface area contributed by atoms with Crippen molar-refractivity contribution < 1.29 is 23.8 Å². The Labute approximate surface area is 169 Å². The van der Waals surface area contributed by atoms with Crippen LogP contribution in [-0.2, 0) is 14.3 Å². The van der Waals surface area contributed by atoms with Crippen molar-refractivity contribution in [2.45, 2.75) is 20.0 Å². The summed E-state index contributed by atoms with van der Waals surface area (Å²) in [6, 6.07) is 12.0. The van der Waals surface area contributed by atoms with E-state index in [1.165, 1.54) is 13.0 Å². The smallest absolute Gasteiger partial charge is 0.331 e. The molecule has 0 aliphatic rings. The molecule has 0 heterocycles. The number of rotatable bonds is 8. The minimum Gasteiger partial charge on any atom is -0.493 e. The molecule has 0 fully saturated rings. The summed E-state index contributed by atoms with van der Waals surface area (Å²) >= 11 is 5.88. The minimum absolute atomic E-state index is 0.452. The van der Waals surface area contributed by atoms with Gasteiger partial charge in [0.05, 0.1) is 13.7 Å². The summed E-state index contributed by atoms with van der Waals surface area (Å²) < 4.78 is 15.8. The molecule has 0 bridgehead atoms.